The molecule has 0 aliphatic carbocycles. The van der Waals surface area contributed by atoms with Crippen molar-refractivity contribution < 1.29 is 23.9 Å². The summed E-state index contributed by atoms with van der Waals surface area (Å²) in [5.74, 6) is 5.49. The average molecular weight is 871 g/mol. The van der Waals surface area contributed by atoms with E-state index in [2.05, 4.69) is 40.5 Å². The number of hydrogen-bond acceptors (Lipinski definition) is 8. The van der Waals surface area contributed by atoms with Gasteiger partial charge in [0.15, 0.2) is 0 Å². The molecule has 1 heterocycles. The van der Waals surface area contributed by atoms with Crippen LogP contribution >= 0.6 is 35.1 Å². The van der Waals surface area contributed by atoms with E-state index in [1.807, 2.05) is 73.8 Å². The number of methoxy groups -OCH3 is 2. The van der Waals surface area contributed by atoms with Crippen molar-refractivity contribution in [2.75, 3.05) is 51.9 Å². The first-order chi connectivity index (χ1) is 29.1. The molecule has 4 aromatic carbocycles. The predicted octanol–water partition coefficient (Wildman–Crippen LogP) is 10.7. The van der Waals surface area contributed by atoms with Crippen LogP contribution in [0.3, 0.4) is 0 Å². The van der Waals surface area contributed by atoms with Gasteiger partial charge < -0.3 is 14.8 Å². The zero-order valence-electron chi connectivity index (χ0n) is 35.6. The fraction of sp³-hybridized carbons (Fsp3) is 0.408. The number of unbranched alkanes of at least 4 members (excludes halogenated alkanes) is 5. The van der Waals surface area contributed by atoms with E-state index in [1.165, 1.54) is 11.1 Å². The minimum Gasteiger partial charge on any atom is -0.497 e. The number of aromatic nitrogens is 1. The van der Waals surface area contributed by atoms with Gasteiger partial charge in [-0.05, 0) is 111 Å². The summed E-state index contributed by atoms with van der Waals surface area (Å²) < 4.78 is 12.3. The van der Waals surface area contributed by atoms with Gasteiger partial charge in [-0.15, -0.1) is 0 Å². The van der Waals surface area contributed by atoms with E-state index >= 15 is 0 Å². The van der Waals surface area contributed by atoms with Crippen molar-refractivity contribution in [1.82, 2.24) is 14.8 Å². The zero-order chi connectivity index (χ0) is 42.7. The SMILES string of the molecule is COc1ccc(CSCCNC(=O)CN(CCCCCCCCC(=O)Cc2c(C)n(C(=O)c3ccc(Cl)cc3)c3ccc(C)cc23)CCSCc2ccc(OC)cc2)cc1. The lowest BCUT2D eigenvalue weighted by molar-refractivity contribution is -0.122. The van der Waals surface area contributed by atoms with Crippen LogP contribution in [-0.2, 0) is 27.5 Å². The van der Waals surface area contributed by atoms with Crippen molar-refractivity contribution in [3.63, 3.8) is 0 Å². The fourth-order valence-corrected chi connectivity index (χ4v) is 9.17. The van der Waals surface area contributed by atoms with Gasteiger partial charge in [-0.3, -0.25) is 23.9 Å². The molecule has 11 heteroatoms. The van der Waals surface area contributed by atoms with Crippen LogP contribution in [0.5, 0.6) is 11.5 Å². The first-order valence-electron chi connectivity index (χ1n) is 21.0. The molecule has 60 heavy (non-hydrogen) atoms. The second-order valence-electron chi connectivity index (χ2n) is 15.2. The van der Waals surface area contributed by atoms with Crippen molar-refractivity contribution in [2.45, 2.75) is 76.7 Å². The number of Topliss-reactive ketones (excluding diaryl/α,β-unsaturated/α-hetero) is 1. The second-order valence-corrected chi connectivity index (χ2v) is 17.9. The van der Waals surface area contributed by atoms with Crippen LogP contribution in [0.2, 0.25) is 5.02 Å². The van der Waals surface area contributed by atoms with E-state index < -0.39 is 0 Å². The van der Waals surface area contributed by atoms with Crippen molar-refractivity contribution >= 4 is 63.6 Å². The molecule has 0 radical (unpaired) electrons. The summed E-state index contributed by atoms with van der Waals surface area (Å²) >= 11 is 9.78. The molecule has 0 fully saturated rings. The summed E-state index contributed by atoms with van der Waals surface area (Å²) in [4.78, 5) is 42.2. The molecule has 8 nitrogen and oxygen atoms in total. The van der Waals surface area contributed by atoms with Gasteiger partial charge in [-0.1, -0.05) is 73.2 Å². The molecule has 0 spiro atoms. The van der Waals surface area contributed by atoms with Crippen LogP contribution in [0, 0.1) is 13.8 Å². The predicted molar refractivity (Wildman–Crippen MR) is 251 cm³/mol. The highest BCUT2D eigenvalue weighted by atomic mass is 35.5. The molecule has 0 saturated carbocycles. The summed E-state index contributed by atoms with van der Waals surface area (Å²) in [6.07, 6.45) is 7.01. The first-order valence-corrected chi connectivity index (χ1v) is 23.7. The lowest BCUT2D eigenvalue weighted by atomic mass is 10.00. The van der Waals surface area contributed by atoms with Gasteiger partial charge >= 0.3 is 0 Å². The second kappa shape index (κ2) is 24.9. The third kappa shape index (κ3) is 14.8. The lowest BCUT2D eigenvalue weighted by Crippen LogP contribution is -2.39. The molecule has 1 amide bonds. The molecular weight excluding hydrogens is 810 g/mol. The summed E-state index contributed by atoms with van der Waals surface area (Å²) in [5.41, 5.74) is 6.72. The van der Waals surface area contributed by atoms with E-state index in [0.717, 1.165) is 114 Å². The molecule has 0 atom stereocenters. The van der Waals surface area contributed by atoms with E-state index in [4.69, 9.17) is 21.1 Å². The highest BCUT2D eigenvalue weighted by Gasteiger charge is 2.21. The Kier molecular flexibility index (Phi) is 19.4. The normalized spacial score (nSPS) is 11.3. The van der Waals surface area contributed by atoms with Gasteiger partial charge in [0.25, 0.3) is 5.91 Å². The molecule has 0 bridgehead atoms. The molecule has 320 valence electrons. The Morgan fingerprint density at radius 3 is 1.95 bits per heavy atom. The third-order valence-electron chi connectivity index (χ3n) is 10.7. The Balaban J connectivity index is 1.02. The number of thioether (sulfide) groups is 2. The number of rotatable bonds is 26. The van der Waals surface area contributed by atoms with Gasteiger partial charge in [-0.2, -0.15) is 23.5 Å². The van der Waals surface area contributed by atoms with Crippen molar-refractivity contribution in [2.24, 2.45) is 0 Å². The monoisotopic (exact) mass is 869 g/mol. The van der Waals surface area contributed by atoms with Crippen LogP contribution in [0.15, 0.2) is 91.0 Å². The first kappa shape index (κ1) is 46.8. The number of amides is 1. The maximum absolute atomic E-state index is 13.6. The smallest absolute Gasteiger partial charge is 0.262 e. The number of carbonyl (C=O) groups is 3. The van der Waals surface area contributed by atoms with E-state index in [9.17, 15) is 14.4 Å². The Hall–Kier alpha value is -4.22. The summed E-state index contributed by atoms with van der Waals surface area (Å²) in [6, 6.07) is 29.3. The molecule has 5 rings (SSSR count). The molecule has 5 aromatic rings. The number of ether oxygens (including phenoxy) is 2. The van der Waals surface area contributed by atoms with Crippen molar-refractivity contribution in [3.8, 4) is 11.5 Å². The van der Waals surface area contributed by atoms with Crippen molar-refractivity contribution in [3.05, 3.63) is 130 Å². The van der Waals surface area contributed by atoms with Crippen LogP contribution < -0.4 is 14.8 Å². The highest BCUT2D eigenvalue weighted by molar-refractivity contribution is 7.98. The van der Waals surface area contributed by atoms with Crippen LogP contribution in [0.25, 0.3) is 10.9 Å². The largest absolute Gasteiger partial charge is 0.497 e. The number of benzene rings is 4. The Labute approximate surface area is 370 Å². The summed E-state index contributed by atoms with van der Waals surface area (Å²) in [6.45, 7) is 6.76. The molecule has 0 saturated heterocycles. The van der Waals surface area contributed by atoms with E-state index in [1.54, 1.807) is 43.1 Å². The highest BCUT2D eigenvalue weighted by Crippen LogP contribution is 2.29. The molecule has 1 N–H and O–H groups in total. The van der Waals surface area contributed by atoms with Gasteiger partial charge in [0.1, 0.15) is 17.3 Å². The maximum atomic E-state index is 13.6. The average Bonchev–Trinajstić information content (AvgIpc) is 3.52. The summed E-state index contributed by atoms with van der Waals surface area (Å²) in [5, 5.41) is 4.68. The maximum Gasteiger partial charge on any atom is 0.262 e. The Morgan fingerprint density at radius 2 is 1.32 bits per heavy atom. The van der Waals surface area contributed by atoms with E-state index in [-0.39, 0.29) is 17.6 Å². The Morgan fingerprint density at radius 1 is 0.717 bits per heavy atom. The summed E-state index contributed by atoms with van der Waals surface area (Å²) in [7, 11) is 3.35. The minimum absolute atomic E-state index is 0.0768. The van der Waals surface area contributed by atoms with Gasteiger partial charge in [-0.25, -0.2) is 0 Å². The van der Waals surface area contributed by atoms with Gasteiger partial charge in [0.2, 0.25) is 5.91 Å². The zero-order valence-corrected chi connectivity index (χ0v) is 38.0. The Bertz CT molecular complexity index is 2120. The van der Waals surface area contributed by atoms with Crippen LogP contribution in [-0.4, -0.2) is 79.0 Å². The molecule has 0 aliphatic rings. The fourth-order valence-electron chi connectivity index (χ4n) is 7.26. The molecule has 0 unspecified atom stereocenters. The van der Waals surface area contributed by atoms with Crippen molar-refractivity contribution in [1.29, 1.82) is 0 Å². The van der Waals surface area contributed by atoms with Gasteiger partial charge in [0, 0.05) is 70.6 Å². The third-order valence-corrected chi connectivity index (χ3v) is 13.0. The number of nitrogens with one attached hydrogen (secondary N) is 1. The number of fused-ring (bicyclic) bond motifs is 1. The number of halogens is 1. The number of nitrogens with zero attached hydrogens (tertiary/aromatic N) is 2. The number of ketones is 1. The molecular formula is C49H60ClN3O5S2. The van der Waals surface area contributed by atoms with Crippen LogP contribution in [0.4, 0.5) is 0 Å². The van der Waals surface area contributed by atoms with E-state index in [0.29, 0.717) is 36.5 Å². The standard InChI is InChI=1S/C49H60ClN3O5S2/c1-36-12-25-47-46(31-36)45(37(2)53(47)49(56)40-17-19-41(50)20-18-40)32-42(54)11-9-7-5-6-8-10-27-52(28-30-60-35-39-15-23-44(58-4)24-16-39)33-48(55)51-26-29-59-34-38-13-21-43(57-3)22-14-38/h12-25,31H,5-11,26-30,32-35H2,1-4H3,(H,51,55). The number of hydrogen-bond donors (Lipinski definition) is 1. The minimum atomic E-state index is -0.126. The molecule has 1 aromatic heterocycles. The quantitative estimate of drug-likeness (QED) is 0.0550. The molecule has 0 aliphatic heterocycles. The lowest BCUT2D eigenvalue weighted by Gasteiger charge is -2.22. The van der Waals surface area contributed by atoms with Gasteiger partial charge in [0.05, 0.1) is 26.3 Å². The number of carbonyl (C=O) groups excluding carboxylic acids is 3. The van der Waals surface area contributed by atoms with Crippen LogP contribution in [0.1, 0.15) is 83.3 Å². The topological polar surface area (TPSA) is 89.9 Å². The number of aryl methyl sites for hydroxylation is 1.